The molecule has 0 bridgehead atoms. The molecule has 0 fully saturated rings. The molecule has 0 saturated carbocycles. The molecule has 15 heavy (non-hydrogen) atoms. The third kappa shape index (κ3) is 1.76. The second-order valence-electron chi connectivity index (χ2n) is 3.28. The van der Waals surface area contributed by atoms with E-state index < -0.39 is 0 Å². The number of benzene rings is 1. The predicted molar refractivity (Wildman–Crippen MR) is 60.4 cm³/mol. The summed E-state index contributed by atoms with van der Waals surface area (Å²) in [5.41, 5.74) is 7.05. The van der Waals surface area contributed by atoms with Crippen LogP contribution in [-0.4, -0.2) is 10.1 Å². The fourth-order valence-corrected chi connectivity index (χ4v) is 1.59. The number of phenols is 1. The van der Waals surface area contributed by atoms with E-state index in [1.807, 2.05) is 24.3 Å². The first kappa shape index (κ1) is 9.52. The van der Waals surface area contributed by atoms with Gasteiger partial charge in [0.25, 0.3) is 0 Å². The number of phenolic OH excluding ortho intramolecular Hbond substituents is 1. The molecule has 0 amide bonds. The lowest BCUT2D eigenvalue weighted by atomic mass is 10.1. The van der Waals surface area contributed by atoms with Gasteiger partial charge in [-0.1, -0.05) is 18.2 Å². The minimum absolute atomic E-state index is 0.214. The SMILES string of the molecule is NC=CCc1ccc(O)c2ncccc12. The molecule has 0 atom stereocenters. The van der Waals surface area contributed by atoms with Crippen molar-refractivity contribution >= 4 is 10.9 Å². The van der Waals surface area contributed by atoms with E-state index in [4.69, 9.17) is 5.73 Å². The van der Waals surface area contributed by atoms with Gasteiger partial charge in [-0.2, -0.15) is 0 Å². The molecular weight excluding hydrogens is 188 g/mol. The van der Waals surface area contributed by atoms with Crippen LogP contribution in [0.1, 0.15) is 5.56 Å². The van der Waals surface area contributed by atoms with Crippen LogP contribution in [-0.2, 0) is 6.42 Å². The van der Waals surface area contributed by atoms with E-state index in [0.717, 1.165) is 17.4 Å². The summed E-state index contributed by atoms with van der Waals surface area (Å²) in [7, 11) is 0. The van der Waals surface area contributed by atoms with Crippen molar-refractivity contribution in [3.8, 4) is 5.75 Å². The molecule has 0 aliphatic rings. The van der Waals surface area contributed by atoms with Crippen LogP contribution in [0.5, 0.6) is 5.75 Å². The second kappa shape index (κ2) is 4.00. The van der Waals surface area contributed by atoms with Crippen LogP contribution >= 0.6 is 0 Å². The molecule has 3 N–H and O–H groups in total. The maximum atomic E-state index is 9.62. The molecule has 3 nitrogen and oxygen atoms in total. The molecule has 76 valence electrons. The molecule has 0 unspecified atom stereocenters. The lowest BCUT2D eigenvalue weighted by Gasteiger charge is -2.04. The second-order valence-corrected chi connectivity index (χ2v) is 3.28. The van der Waals surface area contributed by atoms with Gasteiger partial charge in [-0.25, -0.2) is 0 Å². The Labute approximate surface area is 87.9 Å². The molecule has 0 aliphatic heterocycles. The summed E-state index contributed by atoms with van der Waals surface area (Å²) in [4.78, 5) is 4.14. The molecule has 0 aliphatic carbocycles. The largest absolute Gasteiger partial charge is 0.506 e. The van der Waals surface area contributed by atoms with E-state index in [1.165, 1.54) is 6.20 Å². The van der Waals surface area contributed by atoms with Gasteiger partial charge in [0.05, 0.1) is 0 Å². The van der Waals surface area contributed by atoms with Gasteiger partial charge in [-0.3, -0.25) is 4.98 Å². The van der Waals surface area contributed by atoms with Gasteiger partial charge in [-0.05, 0) is 30.3 Å². The maximum absolute atomic E-state index is 9.62. The summed E-state index contributed by atoms with van der Waals surface area (Å²) in [5, 5.41) is 10.6. The Hall–Kier alpha value is -2.03. The molecule has 0 radical (unpaired) electrons. The van der Waals surface area contributed by atoms with Gasteiger partial charge in [0.15, 0.2) is 0 Å². The van der Waals surface area contributed by atoms with E-state index in [2.05, 4.69) is 4.98 Å². The summed E-state index contributed by atoms with van der Waals surface area (Å²) in [6, 6.07) is 7.35. The van der Waals surface area contributed by atoms with E-state index in [-0.39, 0.29) is 5.75 Å². The number of nitrogens with two attached hydrogens (primary N) is 1. The Kier molecular flexibility index (Phi) is 2.54. The van der Waals surface area contributed by atoms with E-state index in [0.29, 0.717) is 5.52 Å². The normalized spacial score (nSPS) is 11.2. The Morgan fingerprint density at radius 2 is 2.20 bits per heavy atom. The highest BCUT2D eigenvalue weighted by Gasteiger charge is 2.04. The third-order valence-corrected chi connectivity index (χ3v) is 2.31. The molecule has 0 saturated heterocycles. The average molecular weight is 200 g/mol. The smallest absolute Gasteiger partial charge is 0.141 e. The van der Waals surface area contributed by atoms with E-state index in [9.17, 15) is 5.11 Å². The first-order valence-corrected chi connectivity index (χ1v) is 4.75. The zero-order valence-corrected chi connectivity index (χ0v) is 8.22. The lowest BCUT2D eigenvalue weighted by molar-refractivity contribution is 0.480. The van der Waals surface area contributed by atoms with E-state index in [1.54, 1.807) is 12.3 Å². The van der Waals surface area contributed by atoms with Crippen LogP contribution < -0.4 is 5.73 Å². The Morgan fingerprint density at radius 1 is 1.33 bits per heavy atom. The minimum Gasteiger partial charge on any atom is -0.506 e. The molecular formula is C12H12N2O. The molecule has 1 heterocycles. The molecule has 2 rings (SSSR count). The van der Waals surface area contributed by atoms with Gasteiger partial charge in [0.2, 0.25) is 0 Å². The summed E-state index contributed by atoms with van der Waals surface area (Å²) in [5.74, 6) is 0.214. The maximum Gasteiger partial charge on any atom is 0.141 e. The fraction of sp³-hybridized carbons (Fsp3) is 0.0833. The molecule has 0 spiro atoms. The number of aromatic hydroxyl groups is 1. The summed E-state index contributed by atoms with van der Waals surface area (Å²) in [6.07, 6.45) is 5.82. The van der Waals surface area contributed by atoms with Crippen molar-refractivity contribution in [1.82, 2.24) is 4.98 Å². The van der Waals surface area contributed by atoms with E-state index >= 15 is 0 Å². The third-order valence-electron chi connectivity index (χ3n) is 2.31. The highest BCUT2D eigenvalue weighted by molar-refractivity contribution is 5.87. The van der Waals surface area contributed by atoms with Crippen molar-refractivity contribution in [2.75, 3.05) is 0 Å². The van der Waals surface area contributed by atoms with Crippen molar-refractivity contribution in [1.29, 1.82) is 0 Å². The number of aromatic nitrogens is 1. The van der Waals surface area contributed by atoms with Gasteiger partial charge in [0.1, 0.15) is 11.3 Å². The number of allylic oxidation sites excluding steroid dienone is 1. The highest BCUT2D eigenvalue weighted by Crippen LogP contribution is 2.25. The van der Waals surface area contributed by atoms with Crippen molar-refractivity contribution in [2.24, 2.45) is 5.73 Å². The van der Waals surface area contributed by atoms with Gasteiger partial charge >= 0.3 is 0 Å². The first-order valence-electron chi connectivity index (χ1n) is 4.75. The number of hydrogen-bond donors (Lipinski definition) is 2. The summed E-state index contributed by atoms with van der Waals surface area (Å²) in [6.45, 7) is 0. The minimum atomic E-state index is 0.214. The predicted octanol–water partition coefficient (Wildman–Crippen LogP) is 1.96. The molecule has 2 aromatic rings. The Balaban J connectivity index is 2.61. The number of hydrogen-bond acceptors (Lipinski definition) is 3. The van der Waals surface area contributed by atoms with Crippen molar-refractivity contribution in [2.45, 2.75) is 6.42 Å². The van der Waals surface area contributed by atoms with Gasteiger partial charge < -0.3 is 10.8 Å². The average Bonchev–Trinajstić information content (AvgIpc) is 2.29. The van der Waals surface area contributed by atoms with Gasteiger partial charge in [0, 0.05) is 11.6 Å². The van der Waals surface area contributed by atoms with Crippen LogP contribution in [0.2, 0.25) is 0 Å². The number of pyridine rings is 1. The lowest BCUT2D eigenvalue weighted by Crippen LogP contribution is -1.88. The number of nitrogens with zero attached hydrogens (tertiary/aromatic N) is 1. The standard InChI is InChI=1S/C12H12N2O/c13-7-1-3-9-5-6-11(15)12-10(9)4-2-8-14-12/h1-2,4-8,15H,3,13H2. The van der Waals surface area contributed by atoms with Crippen LogP contribution in [0.25, 0.3) is 10.9 Å². The van der Waals surface area contributed by atoms with Gasteiger partial charge in [-0.15, -0.1) is 0 Å². The van der Waals surface area contributed by atoms with Crippen LogP contribution in [0, 0.1) is 0 Å². The first-order chi connectivity index (χ1) is 7.33. The summed E-state index contributed by atoms with van der Waals surface area (Å²) < 4.78 is 0. The zero-order chi connectivity index (χ0) is 10.7. The van der Waals surface area contributed by atoms with Crippen molar-refractivity contribution in [3.05, 3.63) is 48.3 Å². The fourth-order valence-electron chi connectivity index (χ4n) is 1.59. The molecule has 1 aromatic carbocycles. The van der Waals surface area contributed by atoms with Crippen LogP contribution in [0.4, 0.5) is 0 Å². The molecule has 1 aromatic heterocycles. The number of fused-ring (bicyclic) bond motifs is 1. The Morgan fingerprint density at radius 3 is 3.00 bits per heavy atom. The topological polar surface area (TPSA) is 59.1 Å². The monoisotopic (exact) mass is 200 g/mol. The van der Waals surface area contributed by atoms with Crippen molar-refractivity contribution < 1.29 is 5.11 Å². The Bertz CT molecular complexity index is 506. The molecule has 3 heteroatoms. The van der Waals surface area contributed by atoms with Crippen LogP contribution in [0.3, 0.4) is 0 Å². The number of rotatable bonds is 2. The summed E-state index contributed by atoms with van der Waals surface area (Å²) >= 11 is 0. The van der Waals surface area contributed by atoms with Crippen LogP contribution in [0.15, 0.2) is 42.7 Å². The highest BCUT2D eigenvalue weighted by atomic mass is 16.3. The zero-order valence-electron chi connectivity index (χ0n) is 8.22. The van der Waals surface area contributed by atoms with Crippen molar-refractivity contribution in [3.63, 3.8) is 0 Å². The quantitative estimate of drug-likeness (QED) is 0.779.